The van der Waals surface area contributed by atoms with Gasteiger partial charge in [0.2, 0.25) is 0 Å². The summed E-state index contributed by atoms with van der Waals surface area (Å²) >= 11 is 0. The van der Waals surface area contributed by atoms with E-state index in [-0.39, 0.29) is 29.6 Å². The average Bonchev–Trinajstić information content (AvgIpc) is 1.62. The van der Waals surface area contributed by atoms with Crippen molar-refractivity contribution in [3.8, 4) is 0 Å². The van der Waals surface area contributed by atoms with Gasteiger partial charge in [0.15, 0.2) is 0 Å². The summed E-state index contributed by atoms with van der Waals surface area (Å²) in [6, 6.07) is 0. The minimum atomic E-state index is -4.41. The van der Waals surface area contributed by atoms with Crippen molar-refractivity contribution in [2.75, 3.05) is 0 Å². The maximum absolute atomic E-state index is 10.1. The Morgan fingerprint density at radius 2 is 2.00 bits per heavy atom. The summed E-state index contributed by atoms with van der Waals surface area (Å²) in [6.07, 6.45) is 0.730. The first-order valence-electron chi connectivity index (χ1n) is 1.87. The fraction of sp³-hybridized carbons (Fsp3) is 0. The monoisotopic (exact) mass is 175 g/mol. The Hall–Kier alpha value is 0.120. The van der Waals surface area contributed by atoms with Crippen LogP contribution in [-0.4, -0.2) is 48.4 Å². The van der Waals surface area contributed by atoms with Crippen LogP contribution in [0.5, 0.6) is 0 Å². The van der Waals surface area contributed by atoms with Crippen molar-refractivity contribution in [2.24, 2.45) is 0 Å². The number of hydrogen-bond donors (Lipinski definition) is 2. The summed E-state index contributed by atoms with van der Waals surface area (Å²) in [6.45, 7) is 2.96. The van der Waals surface area contributed by atoms with Gasteiger partial charge in [0.05, 0.1) is 0 Å². The first kappa shape index (κ1) is 12.8. The summed E-state index contributed by atoms with van der Waals surface area (Å²) in [4.78, 5) is 10.1. The number of carbonyl (C=O) groups excluding carboxylic acids is 1. The molecular formula is C3H6NNaO4S. The third-order valence-corrected chi connectivity index (χ3v) is 0.874. The number of amides is 1. The van der Waals surface area contributed by atoms with Gasteiger partial charge in [-0.15, -0.1) is 0 Å². The van der Waals surface area contributed by atoms with Crippen molar-refractivity contribution >= 4 is 45.8 Å². The van der Waals surface area contributed by atoms with E-state index in [0.717, 1.165) is 6.08 Å². The van der Waals surface area contributed by atoms with Crippen LogP contribution in [0.2, 0.25) is 0 Å². The molecule has 0 aliphatic carbocycles. The van der Waals surface area contributed by atoms with Gasteiger partial charge in [-0.1, -0.05) is 6.58 Å². The molecule has 0 fully saturated rings. The van der Waals surface area contributed by atoms with E-state index in [1.807, 2.05) is 0 Å². The second-order valence-corrected chi connectivity index (χ2v) is 2.30. The molecule has 7 heteroatoms. The molecule has 0 aliphatic heterocycles. The summed E-state index contributed by atoms with van der Waals surface area (Å²) in [5, 5.41) is 0. The van der Waals surface area contributed by atoms with Gasteiger partial charge in [-0.05, 0) is 6.08 Å². The van der Waals surface area contributed by atoms with E-state index in [2.05, 4.69) is 6.58 Å². The zero-order valence-corrected chi connectivity index (χ0v) is 5.18. The van der Waals surface area contributed by atoms with Gasteiger partial charge in [-0.3, -0.25) is 9.35 Å². The zero-order chi connectivity index (χ0) is 7.49. The predicted molar refractivity (Wildman–Crippen MR) is 37.0 cm³/mol. The molecule has 0 atom stereocenters. The van der Waals surface area contributed by atoms with Crippen molar-refractivity contribution in [3.05, 3.63) is 12.7 Å². The van der Waals surface area contributed by atoms with E-state index < -0.39 is 16.2 Å². The van der Waals surface area contributed by atoms with Gasteiger partial charge < -0.3 is 0 Å². The Labute approximate surface area is 80.7 Å². The van der Waals surface area contributed by atoms with Gasteiger partial charge >= 0.3 is 39.9 Å². The molecule has 0 saturated carbocycles. The minimum absolute atomic E-state index is 0. The molecule has 5 nitrogen and oxygen atoms in total. The van der Waals surface area contributed by atoms with Crippen molar-refractivity contribution in [1.82, 2.24) is 4.72 Å². The Morgan fingerprint density at radius 3 is 2.10 bits per heavy atom. The first-order chi connectivity index (χ1) is 3.95. The number of nitrogens with one attached hydrogen (secondary N) is 1. The van der Waals surface area contributed by atoms with E-state index in [9.17, 15) is 13.2 Å². The number of rotatable bonds is 2. The SMILES string of the molecule is C=CC(=O)NS(=O)(=O)O.[NaH]. The van der Waals surface area contributed by atoms with Crippen LogP contribution in [0.1, 0.15) is 0 Å². The predicted octanol–water partition coefficient (Wildman–Crippen LogP) is -1.56. The second kappa shape index (κ2) is 4.86. The van der Waals surface area contributed by atoms with Gasteiger partial charge in [0.1, 0.15) is 0 Å². The molecule has 0 spiro atoms. The van der Waals surface area contributed by atoms with E-state index >= 15 is 0 Å². The molecule has 0 radical (unpaired) electrons. The van der Waals surface area contributed by atoms with Gasteiger partial charge in [0.25, 0.3) is 5.91 Å². The van der Waals surface area contributed by atoms with Crippen LogP contribution in [0, 0.1) is 0 Å². The summed E-state index contributed by atoms with van der Waals surface area (Å²) in [7, 11) is -4.41. The zero-order valence-electron chi connectivity index (χ0n) is 4.36. The summed E-state index contributed by atoms with van der Waals surface area (Å²) in [5.41, 5.74) is 0. The van der Waals surface area contributed by atoms with Crippen LogP contribution < -0.4 is 4.72 Å². The van der Waals surface area contributed by atoms with Crippen LogP contribution in [-0.2, 0) is 15.1 Å². The van der Waals surface area contributed by atoms with Crippen LogP contribution in [0.15, 0.2) is 12.7 Å². The molecule has 1 amide bonds. The van der Waals surface area contributed by atoms with E-state index in [0.29, 0.717) is 0 Å². The molecule has 0 rings (SSSR count). The van der Waals surface area contributed by atoms with Crippen molar-refractivity contribution < 1.29 is 17.8 Å². The fourth-order valence-corrected chi connectivity index (χ4v) is 0.506. The van der Waals surface area contributed by atoms with Crippen molar-refractivity contribution in [1.29, 1.82) is 0 Å². The van der Waals surface area contributed by atoms with Gasteiger partial charge in [-0.25, -0.2) is 4.72 Å². The fourth-order valence-electron chi connectivity index (χ4n) is 0.169. The number of carbonyl (C=O) groups is 1. The molecule has 0 saturated heterocycles. The number of hydrogen-bond acceptors (Lipinski definition) is 3. The Kier molecular flexibility index (Phi) is 6.21. The second-order valence-electron chi connectivity index (χ2n) is 1.15. The summed E-state index contributed by atoms with van der Waals surface area (Å²) < 4.78 is 28.7. The first-order valence-corrected chi connectivity index (χ1v) is 3.31. The van der Waals surface area contributed by atoms with Crippen molar-refractivity contribution in [2.45, 2.75) is 0 Å². The van der Waals surface area contributed by atoms with Crippen molar-refractivity contribution in [3.63, 3.8) is 0 Å². The average molecular weight is 175 g/mol. The van der Waals surface area contributed by atoms with Gasteiger partial charge in [0, 0.05) is 0 Å². The molecule has 0 aromatic carbocycles. The molecule has 0 aliphatic rings. The molecule has 0 unspecified atom stereocenters. The molecule has 0 heterocycles. The molecule has 10 heavy (non-hydrogen) atoms. The Morgan fingerprint density at radius 1 is 1.60 bits per heavy atom. The summed E-state index contributed by atoms with van der Waals surface area (Å²) in [5.74, 6) is -0.961. The van der Waals surface area contributed by atoms with Crippen LogP contribution in [0.3, 0.4) is 0 Å². The van der Waals surface area contributed by atoms with E-state index in [1.165, 1.54) is 4.72 Å². The Balaban J connectivity index is 0. The van der Waals surface area contributed by atoms with E-state index in [1.54, 1.807) is 0 Å². The normalized spacial score (nSPS) is 9.30. The van der Waals surface area contributed by atoms with E-state index in [4.69, 9.17) is 4.55 Å². The molecule has 0 aromatic rings. The Bertz CT molecular complexity index is 221. The molecular weight excluding hydrogens is 169 g/mol. The topological polar surface area (TPSA) is 83.5 Å². The molecule has 2 N–H and O–H groups in total. The maximum atomic E-state index is 10.1. The molecule has 0 bridgehead atoms. The van der Waals surface area contributed by atoms with Gasteiger partial charge in [-0.2, -0.15) is 8.42 Å². The third-order valence-electron chi connectivity index (χ3n) is 0.415. The quantitative estimate of drug-likeness (QED) is 0.302. The molecule has 0 aromatic heterocycles. The van der Waals surface area contributed by atoms with Crippen LogP contribution >= 0.6 is 0 Å². The standard InChI is InChI=1S/C3H5NO4S.Na.H/c1-2-3(5)4-9(6,7)8;;/h2H,1H2,(H,4,5)(H,6,7,8);;. The molecule has 54 valence electrons. The van der Waals surface area contributed by atoms with Crippen LogP contribution in [0.4, 0.5) is 0 Å². The van der Waals surface area contributed by atoms with Crippen LogP contribution in [0.25, 0.3) is 0 Å². The third kappa shape index (κ3) is 8.12.